The van der Waals surface area contributed by atoms with Crippen molar-refractivity contribution < 1.29 is 9.59 Å². The fraction of sp³-hybridized carbons (Fsp3) is 0.250. The zero-order valence-electron chi connectivity index (χ0n) is 15.2. The molecule has 4 aliphatic carbocycles. The lowest BCUT2D eigenvalue weighted by atomic mass is 9.48. The smallest absolute Gasteiger partial charge is 0.238 e. The Bertz CT molecular complexity index is 1020. The minimum absolute atomic E-state index is 0.0416. The summed E-state index contributed by atoms with van der Waals surface area (Å²) in [4.78, 5) is 28.5. The van der Waals surface area contributed by atoms with Crippen molar-refractivity contribution in [1.29, 1.82) is 0 Å². The number of carbonyl (C=O) groups excluding carboxylic acids is 2. The van der Waals surface area contributed by atoms with Crippen LogP contribution in [0.25, 0.3) is 0 Å². The number of hydrogen-bond acceptors (Lipinski definition) is 3. The highest BCUT2D eigenvalue weighted by molar-refractivity contribution is 6.23. The molecule has 1 saturated carbocycles. The zero-order valence-corrected chi connectivity index (χ0v) is 15.2. The average molecular weight is 368 g/mol. The Kier molecular flexibility index (Phi) is 3.09. The molecule has 0 unspecified atom stereocenters. The van der Waals surface area contributed by atoms with Crippen LogP contribution in [0.15, 0.2) is 72.8 Å². The third kappa shape index (κ3) is 1.85. The van der Waals surface area contributed by atoms with Gasteiger partial charge in [-0.15, -0.1) is 0 Å². The summed E-state index contributed by atoms with van der Waals surface area (Å²) in [5.41, 5.74) is 9.55. The number of nitrogens with zero attached hydrogens (tertiary/aromatic N) is 1. The molecule has 138 valence electrons. The molecule has 2 bridgehead atoms. The van der Waals surface area contributed by atoms with Gasteiger partial charge >= 0.3 is 0 Å². The van der Waals surface area contributed by atoms with E-state index in [0.717, 1.165) is 0 Å². The number of nitrogen functional groups attached to an aromatic ring is 1. The molecule has 2 fully saturated rings. The molecule has 2 amide bonds. The van der Waals surface area contributed by atoms with E-state index in [2.05, 4.69) is 36.4 Å². The van der Waals surface area contributed by atoms with Crippen LogP contribution in [0.5, 0.6) is 0 Å². The molecule has 1 aliphatic heterocycles. The molecule has 4 nitrogen and oxygen atoms in total. The normalized spacial score (nSPS) is 34.4. The largest absolute Gasteiger partial charge is 0.399 e. The van der Waals surface area contributed by atoms with Crippen molar-refractivity contribution in [2.24, 2.45) is 23.7 Å². The quantitative estimate of drug-likeness (QED) is 0.618. The summed E-state index contributed by atoms with van der Waals surface area (Å²) in [7, 11) is 0. The van der Waals surface area contributed by atoms with Crippen LogP contribution in [0.2, 0.25) is 0 Å². The van der Waals surface area contributed by atoms with Crippen molar-refractivity contribution in [3.8, 4) is 0 Å². The number of amides is 2. The number of hydrogen-bond donors (Lipinski definition) is 1. The van der Waals surface area contributed by atoms with Gasteiger partial charge in [0.15, 0.2) is 0 Å². The summed E-state index contributed by atoms with van der Waals surface area (Å²) in [6, 6.07) is 15.5. The number of anilines is 2. The van der Waals surface area contributed by atoms with E-state index in [1.54, 1.807) is 24.3 Å². The van der Waals surface area contributed by atoms with E-state index >= 15 is 0 Å². The Morgan fingerprint density at radius 3 is 1.82 bits per heavy atom. The van der Waals surface area contributed by atoms with Gasteiger partial charge in [0.25, 0.3) is 0 Å². The molecule has 2 N–H and O–H groups in total. The van der Waals surface area contributed by atoms with Gasteiger partial charge in [-0.25, -0.2) is 4.90 Å². The highest BCUT2D eigenvalue weighted by Gasteiger charge is 2.64. The molecule has 2 aromatic carbocycles. The van der Waals surface area contributed by atoms with Gasteiger partial charge in [0.2, 0.25) is 11.8 Å². The van der Waals surface area contributed by atoms with Gasteiger partial charge in [0.05, 0.1) is 17.5 Å². The first kappa shape index (κ1) is 15.9. The number of carbonyl (C=O) groups is 2. The molecule has 7 rings (SSSR count). The Balaban J connectivity index is 1.54. The molecule has 1 heterocycles. The summed E-state index contributed by atoms with van der Waals surface area (Å²) in [5.74, 6) is -0.136. The SMILES string of the molecule is Nc1cccc(N2C(=O)[C@@H]3[C@H](C2=O)[C@H]2c4ccccc4[C@H]3[C@H]3C=CC=C[C@@H]32)c1. The maximum Gasteiger partial charge on any atom is 0.238 e. The number of allylic oxidation sites excluding steroid dienone is 4. The van der Waals surface area contributed by atoms with E-state index in [0.29, 0.717) is 11.4 Å². The minimum atomic E-state index is -0.300. The van der Waals surface area contributed by atoms with Gasteiger partial charge in [0, 0.05) is 17.5 Å². The summed E-state index contributed by atoms with van der Waals surface area (Å²) < 4.78 is 0. The Labute approximate surface area is 163 Å². The first-order chi connectivity index (χ1) is 13.7. The molecule has 4 heteroatoms. The van der Waals surface area contributed by atoms with Gasteiger partial charge in [-0.3, -0.25) is 9.59 Å². The zero-order chi connectivity index (χ0) is 19.0. The Hall–Kier alpha value is -3.14. The Morgan fingerprint density at radius 2 is 1.29 bits per heavy atom. The average Bonchev–Trinajstić information content (AvgIpc) is 2.99. The number of nitrogens with two attached hydrogens (primary N) is 1. The van der Waals surface area contributed by atoms with E-state index in [1.165, 1.54) is 16.0 Å². The lowest BCUT2D eigenvalue weighted by molar-refractivity contribution is -0.125. The number of benzene rings is 2. The van der Waals surface area contributed by atoms with E-state index in [-0.39, 0.29) is 47.3 Å². The molecule has 2 aromatic rings. The number of rotatable bonds is 1. The lowest BCUT2D eigenvalue weighted by Crippen LogP contribution is -2.49. The molecule has 0 aromatic heterocycles. The maximum atomic E-state index is 13.6. The second kappa shape index (κ2) is 5.44. The van der Waals surface area contributed by atoms with Crippen LogP contribution in [0.4, 0.5) is 11.4 Å². The van der Waals surface area contributed by atoms with Crippen LogP contribution in [0, 0.1) is 23.7 Å². The maximum absolute atomic E-state index is 13.6. The molecule has 5 aliphatic rings. The van der Waals surface area contributed by atoms with Gasteiger partial charge < -0.3 is 5.73 Å². The summed E-state index contributed by atoms with van der Waals surface area (Å²) in [6.07, 6.45) is 8.62. The van der Waals surface area contributed by atoms with Crippen LogP contribution in [-0.4, -0.2) is 11.8 Å². The molecule has 0 spiro atoms. The first-order valence-electron chi connectivity index (χ1n) is 9.84. The molecular weight excluding hydrogens is 348 g/mol. The topological polar surface area (TPSA) is 63.4 Å². The first-order valence-corrected chi connectivity index (χ1v) is 9.84. The van der Waals surface area contributed by atoms with E-state index in [4.69, 9.17) is 5.73 Å². The van der Waals surface area contributed by atoms with Crippen molar-refractivity contribution >= 4 is 23.2 Å². The van der Waals surface area contributed by atoms with E-state index < -0.39 is 0 Å². The molecule has 1 saturated heterocycles. The Morgan fingerprint density at radius 1 is 0.714 bits per heavy atom. The summed E-state index contributed by atoms with van der Waals surface area (Å²) >= 11 is 0. The summed E-state index contributed by atoms with van der Waals surface area (Å²) in [5, 5.41) is 0. The predicted molar refractivity (Wildman–Crippen MR) is 108 cm³/mol. The summed E-state index contributed by atoms with van der Waals surface area (Å²) in [6.45, 7) is 0. The molecule has 28 heavy (non-hydrogen) atoms. The predicted octanol–water partition coefficient (Wildman–Crippen LogP) is 3.63. The van der Waals surface area contributed by atoms with Crippen molar-refractivity contribution in [1.82, 2.24) is 0 Å². The number of imide groups is 1. The van der Waals surface area contributed by atoms with Crippen LogP contribution in [0.3, 0.4) is 0 Å². The highest BCUT2D eigenvalue weighted by Crippen LogP contribution is 2.64. The lowest BCUT2D eigenvalue weighted by Gasteiger charge is -2.53. The minimum Gasteiger partial charge on any atom is -0.399 e. The second-order valence-corrected chi connectivity index (χ2v) is 8.26. The van der Waals surface area contributed by atoms with Crippen molar-refractivity contribution in [2.75, 3.05) is 10.6 Å². The van der Waals surface area contributed by atoms with Crippen LogP contribution >= 0.6 is 0 Å². The van der Waals surface area contributed by atoms with Gasteiger partial charge in [-0.1, -0.05) is 54.6 Å². The van der Waals surface area contributed by atoms with Crippen LogP contribution in [-0.2, 0) is 9.59 Å². The fourth-order valence-electron chi connectivity index (χ4n) is 6.14. The van der Waals surface area contributed by atoms with Gasteiger partial charge in [0.1, 0.15) is 0 Å². The van der Waals surface area contributed by atoms with Crippen molar-refractivity contribution in [3.05, 3.63) is 84.0 Å². The highest BCUT2D eigenvalue weighted by atomic mass is 16.2. The van der Waals surface area contributed by atoms with E-state index in [9.17, 15) is 9.59 Å². The third-order valence-corrected chi connectivity index (χ3v) is 7.07. The van der Waals surface area contributed by atoms with Crippen LogP contribution in [0.1, 0.15) is 23.0 Å². The molecular formula is C24H20N2O2. The van der Waals surface area contributed by atoms with Gasteiger partial charge in [-0.2, -0.15) is 0 Å². The van der Waals surface area contributed by atoms with E-state index in [1.807, 2.05) is 12.1 Å². The third-order valence-electron chi connectivity index (χ3n) is 7.07. The molecule has 0 radical (unpaired) electrons. The fourth-order valence-corrected chi connectivity index (χ4v) is 6.14. The standard InChI is InChI=1S/C24H20N2O2/c25-13-6-5-7-14(12-13)26-23(27)21-19-15-8-1-2-9-16(15)20(22(21)24(26)28)18-11-4-3-10-17(18)19/h1-12,15-16,19-22H,25H2/t15-,16-,19+,20+,21-,22+/m0/s1. The van der Waals surface area contributed by atoms with Crippen molar-refractivity contribution in [2.45, 2.75) is 11.8 Å². The van der Waals surface area contributed by atoms with Crippen molar-refractivity contribution in [3.63, 3.8) is 0 Å². The second-order valence-electron chi connectivity index (χ2n) is 8.26. The monoisotopic (exact) mass is 368 g/mol. The van der Waals surface area contributed by atoms with Gasteiger partial charge in [-0.05, 0) is 41.2 Å². The molecule has 6 atom stereocenters. The van der Waals surface area contributed by atoms with Crippen LogP contribution < -0.4 is 10.6 Å².